The van der Waals surface area contributed by atoms with Crippen molar-refractivity contribution in [3.8, 4) is 11.3 Å². The molecule has 2 aromatic rings. The van der Waals surface area contributed by atoms with Crippen molar-refractivity contribution in [2.24, 2.45) is 7.05 Å². The van der Waals surface area contributed by atoms with Gasteiger partial charge in [0.15, 0.2) is 0 Å². The fourth-order valence-corrected chi connectivity index (χ4v) is 3.66. The molecule has 0 aliphatic carbocycles. The topological polar surface area (TPSA) is 51.5 Å². The third-order valence-corrected chi connectivity index (χ3v) is 5.01. The Morgan fingerprint density at radius 2 is 1.88 bits per heavy atom. The first-order valence-corrected chi connectivity index (χ1v) is 9.29. The third-order valence-electron chi connectivity index (χ3n) is 5.01. The number of esters is 1. The maximum absolute atomic E-state index is 13.2. The van der Waals surface area contributed by atoms with E-state index in [4.69, 9.17) is 4.74 Å². The quantitative estimate of drug-likeness (QED) is 0.770. The van der Waals surface area contributed by atoms with Gasteiger partial charge in [0, 0.05) is 25.3 Å². The lowest BCUT2D eigenvalue weighted by atomic mass is 9.99. The molecule has 3 rings (SSSR count). The molecule has 1 unspecified atom stereocenters. The summed E-state index contributed by atoms with van der Waals surface area (Å²) in [6.45, 7) is 2.86. The Kier molecular flexibility index (Phi) is 5.76. The molecule has 0 bridgehead atoms. The van der Waals surface area contributed by atoms with E-state index in [1.807, 2.05) is 59.0 Å². The van der Waals surface area contributed by atoms with E-state index < -0.39 is 0 Å². The van der Waals surface area contributed by atoms with Crippen molar-refractivity contribution in [2.45, 2.75) is 38.6 Å². The van der Waals surface area contributed by atoms with Crippen LogP contribution in [0.3, 0.4) is 0 Å². The minimum absolute atomic E-state index is 0.0105. The van der Waals surface area contributed by atoms with Crippen molar-refractivity contribution in [2.75, 3.05) is 13.2 Å². The van der Waals surface area contributed by atoms with Crippen molar-refractivity contribution in [1.29, 1.82) is 0 Å². The number of piperidine rings is 1. The summed E-state index contributed by atoms with van der Waals surface area (Å²) in [5, 5.41) is 0. The summed E-state index contributed by atoms with van der Waals surface area (Å²) in [5.74, 6) is -0.238. The van der Waals surface area contributed by atoms with E-state index >= 15 is 0 Å². The highest BCUT2D eigenvalue weighted by atomic mass is 16.5. The second-order valence-electron chi connectivity index (χ2n) is 6.69. The standard InChI is InChI=1S/C21H26N2O3/c1-3-26-20(24)15-17-11-7-8-14-23(17)21(25)19-13-12-18(22(19)2)16-9-5-4-6-10-16/h4-6,9-10,12-13,17H,3,7-8,11,14-15H2,1-2H3. The zero-order valence-corrected chi connectivity index (χ0v) is 15.5. The molecule has 1 aliphatic heterocycles. The molecule has 0 saturated carbocycles. The molecule has 1 atom stereocenters. The Balaban J connectivity index is 1.81. The lowest BCUT2D eigenvalue weighted by Gasteiger charge is -2.35. The number of hydrogen-bond donors (Lipinski definition) is 0. The molecular weight excluding hydrogens is 328 g/mol. The van der Waals surface area contributed by atoms with Crippen molar-refractivity contribution in [3.63, 3.8) is 0 Å². The average molecular weight is 354 g/mol. The van der Waals surface area contributed by atoms with Crippen LogP contribution in [0.2, 0.25) is 0 Å². The van der Waals surface area contributed by atoms with Gasteiger partial charge in [0.05, 0.1) is 13.0 Å². The predicted molar refractivity (Wildman–Crippen MR) is 101 cm³/mol. The molecule has 0 radical (unpaired) electrons. The summed E-state index contributed by atoms with van der Waals surface area (Å²) < 4.78 is 7.02. The summed E-state index contributed by atoms with van der Waals surface area (Å²) in [4.78, 5) is 26.9. The zero-order valence-electron chi connectivity index (χ0n) is 15.5. The highest BCUT2D eigenvalue weighted by Crippen LogP contribution is 2.26. The van der Waals surface area contributed by atoms with Crippen LogP contribution in [0, 0.1) is 0 Å². The number of aromatic nitrogens is 1. The summed E-state index contributed by atoms with van der Waals surface area (Å²) in [6, 6.07) is 13.8. The van der Waals surface area contributed by atoms with E-state index in [0.29, 0.717) is 18.8 Å². The first kappa shape index (κ1) is 18.2. The fraction of sp³-hybridized carbons (Fsp3) is 0.429. The summed E-state index contributed by atoms with van der Waals surface area (Å²) in [5.41, 5.74) is 2.74. The average Bonchev–Trinajstić information content (AvgIpc) is 3.04. The molecule has 0 N–H and O–H groups in total. The van der Waals surface area contributed by atoms with Crippen molar-refractivity contribution >= 4 is 11.9 Å². The van der Waals surface area contributed by atoms with E-state index in [0.717, 1.165) is 30.5 Å². The number of likely N-dealkylation sites (tertiary alicyclic amines) is 1. The molecule has 2 heterocycles. The second-order valence-corrected chi connectivity index (χ2v) is 6.69. The van der Waals surface area contributed by atoms with E-state index in [9.17, 15) is 9.59 Å². The SMILES string of the molecule is CCOC(=O)CC1CCCCN1C(=O)c1ccc(-c2ccccc2)n1C. The number of benzene rings is 1. The lowest BCUT2D eigenvalue weighted by Crippen LogP contribution is -2.45. The van der Waals surface area contributed by atoms with Crippen LogP contribution in [0.5, 0.6) is 0 Å². The largest absolute Gasteiger partial charge is 0.466 e. The Hall–Kier alpha value is -2.56. The molecule has 26 heavy (non-hydrogen) atoms. The van der Waals surface area contributed by atoms with Gasteiger partial charge in [-0.05, 0) is 43.9 Å². The van der Waals surface area contributed by atoms with Crippen LogP contribution < -0.4 is 0 Å². The van der Waals surface area contributed by atoms with Crippen LogP contribution in [-0.4, -0.2) is 40.5 Å². The van der Waals surface area contributed by atoms with Crippen LogP contribution >= 0.6 is 0 Å². The second kappa shape index (κ2) is 8.21. The molecule has 1 aliphatic rings. The van der Waals surface area contributed by atoms with Gasteiger partial charge >= 0.3 is 5.97 Å². The van der Waals surface area contributed by atoms with Gasteiger partial charge in [-0.3, -0.25) is 9.59 Å². The minimum Gasteiger partial charge on any atom is -0.466 e. The Labute approximate surface area is 154 Å². The van der Waals surface area contributed by atoms with E-state index in [2.05, 4.69) is 0 Å². The first-order chi connectivity index (χ1) is 12.6. The van der Waals surface area contributed by atoms with Gasteiger partial charge in [-0.2, -0.15) is 0 Å². The monoisotopic (exact) mass is 354 g/mol. The lowest BCUT2D eigenvalue weighted by molar-refractivity contribution is -0.144. The van der Waals surface area contributed by atoms with Gasteiger partial charge in [-0.15, -0.1) is 0 Å². The zero-order chi connectivity index (χ0) is 18.5. The smallest absolute Gasteiger partial charge is 0.307 e. The van der Waals surface area contributed by atoms with E-state index in [-0.39, 0.29) is 24.3 Å². The fourth-order valence-electron chi connectivity index (χ4n) is 3.66. The number of ether oxygens (including phenoxy) is 1. The van der Waals surface area contributed by atoms with Crippen molar-refractivity contribution < 1.29 is 14.3 Å². The number of carbonyl (C=O) groups excluding carboxylic acids is 2. The van der Waals surface area contributed by atoms with Crippen LogP contribution in [0.1, 0.15) is 43.1 Å². The van der Waals surface area contributed by atoms with Crippen LogP contribution in [0.15, 0.2) is 42.5 Å². The molecular formula is C21H26N2O3. The summed E-state index contributed by atoms with van der Waals surface area (Å²) in [6.07, 6.45) is 3.13. The molecule has 0 spiro atoms. The molecule has 1 saturated heterocycles. The van der Waals surface area contributed by atoms with E-state index in [1.165, 1.54) is 0 Å². The first-order valence-electron chi connectivity index (χ1n) is 9.29. The number of amides is 1. The Morgan fingerprint density at radius 3 is 2.62 bits per heavy atom. The Bertz CT molecular complexity index is 767. The molecule has 5 nitrogen and oxygen atoms in total. The van der Waals surface area contributed by atoms with Gasteiger partial charge in [0.25, 0.3) is 5.91 Å². The van der Waals surface area contributed by atoms with Gasteiger partial charge in [-0.25, -0.2) is 0 Å². The van der Waals surface area contributed by atoms with Crippen LogP contribution in [-0.2, 0) is 16.6 Å². The van der Waals surface area contributed by atoms with Crippen LogP contribution in [0.4, 0.5) is 0 Å². The van der Waals surface area contributed by atoms with Gasteiger partial charge in [0.1, 0.15) is 5.69 Å². The normalized spacial score (nSPS) is 17.2. The summed E-state index contributed by atoms with van der Waals surface area (Å²) in [7, 11) is 1.92. The maximum Gasteiger partial charge on any atom is 0.307 e. The van der Waals surface area contributed by atoms with E-state index in [1.54, 1.807) is 6.92 Å². The maximum atomic E-state index is 13.2. The minimum atomic E-state index is -0.228. The molecule has 5 heteroatoms. The predicted octanol–water partition coefficient (Wildman–Crippen LogP) is 3.64. The van der Waals surface area contributed by atoms with Crippen molar-refractivity contribution in [1.82, 2.24) is 9.47 Å². The highest BCUT2D eigenvalue weighted by molar-refractivity contribution is 5.94. The summed E-state index contributed by atoms with van der Waals surface area (Å²) >= 11 is 0. The number of carbonyl (C=O) groups is 2. The molecule has 138 valence electrons. The third kappa shape index (κ3) is 3.82. The van der Waals surface area contributed by atoms with Crippen LogP contribution in [0.25, 0.3) is 11.3 Å². The molecule has 1 aromatic carbocycles. The molecule has 1 amide bonds. The van der Waals surface area contributed by atoms with Gasteiger partial charge < -0.3 is 14.2 Å². The van der Waals surface area contributed by atoms with Gasteiger partial charge in [-0.1, -0.05) is 30.3 Å². The Morgan fingerprint density at radius 1 is 1.12 bits per heavy atom. The number of rotatable bonds is 5. The highest BCUT2D eigenvalue weighted by Gasteiger charge is 2.31. The number of hydrogen-bond acceptors (Lipinski definition) is 3. The van der Waals surface area contributed by atoms with Gasteiger partial charge in [0.2, 0.25) is 0 Å². The molecule has 1 fully saturated rings. The number of nitrogens with zero attached hydrogens (tertiary/aromatic N) is 2. The molecule has 1 aromatic heterocycles. The van der Waals surface area contributed by atoms with Crippen molar-refractivity contribution in [3.05, 3.63) is 48.2 Å².